The van der Waals surface area contributed by atoms with Gasteiger partial charge in [-0.25, -0.2) is 4.98 Å². The van der Waals surface area contributed by atoms with E-state index in [1.54, 1.807) is 0 Å². The van der Waals surface area contributed by atoms with Gasteiger partial charge in [-0.15, -0.1) is 0 Å². The highest BCUT2D eigenvalue weighted by Crippen LogP contribution is 2.40. The fourth-order valence-corrected chi connectivity index (χ4v) is 4.03. The van der Waals surface area contributed by atoms with Gasteiger partial charge in [0.15, 0.2) is 5.11 Å². The maximum atomic E-state index is 5.67. The molecular weight excluding hydrogens is 342 g/mol. The first kappa shape index (κ1) is 16.7. The first-order chi connectivity index (χ1) is 12.7. The summed E-state index contributed by atoms with van der Waals surface area (Å²) in [4.78, 5) is 11.3. The molecule has 0 saturated carbocycles. The van der Waals surface area contributed by atoms with E-state index in [4.69, 9.17) is 12.2 Å². The molecule has 26 heavy (non-hydrogen) atoms. The average molecular weight is 363 g/mol. The Morgan fingerprint density at radius 2 is 1.77 bits per heavy atom. The molecule has 5 nitrogen and oxygen atoms in total. The molecule has 2 atom stereocenters. The quantitative estimate of drug-likeness (QED) is 0.717. The third-order valence-electron chi connectivity index (χ3n) is 4.67. The third kappa shape index (κ3) is 2.86. The van der Waals surface area contributed by atoms with Gasteiger partial charge in [0.1, 0.15) is 5.82 Å². The van der Waals surface area contributed by atoms with E-state index in [1.807, 2.05) is 55.0 Å². The van der Waals surface area contributed by atoms with Crippen molar-refractivity contribution < 1.29 is 0 Å². The van der Waals surface area contributed by atoms with Gasteiger partial charge in [0, 0.05) is 30.3 Å². The van der Waals surface area contributed by atoms with E-state index in [9.17, 15) is 0 Å². The second-order valence-electron chi connectivity index (χ2n) is 6.62. The molecule has 4 heterocycles. The number of hydrogen-bond acceptors (Lipinski definition) is 3. The lowest BCUT2D eigenvalue weighted by molar-refractivity contribution is 0.262. The molecule has 6 heteroatoms. The van der Waals surface area contributed by atoms with Crippen molar-refractivity contribution in [2.45, 2.75) is 32.0 Å². The highest BCUT2D eigenvalue weighted by atomic mass is 32.1. The van der Waals surface area contributed by atoms with E-state index >= 15 is 0 Å². The van der Waals surface area contributed by atoms with Crippen LogP contribution in [-0.4, -0.2) is 30.6 Å². The van der Waals surface area contributed by atoms with E-state index in [0.29, 0.717) is 0 Å². The highest BCUT2D eigenvalue weighted by Gasteiger charge is 2.42. The first-order valence-corrected chi connectivity index (χ1v) is 9.16. The van der Waals surface area contributed by atoms with Crippen LogP contribution in [0.4, 0.5) is 0 Å². The first-order valence-electron chi connectivity index (χ1n) is 8.75. The van der Waals surface area contributed by atoms with E-state index in [2.05, 4.69) is 50.7 Å². The maximum Gasteiger partial charge on any atom is 0.170 e. The Balaban J connectivity index is 1.83. The molecule has 0 radical (unpaired) electrons. The largest absolute Gasteiger partial charge is 0.352 e. The lowest BCUT2D eigenvalue weighted by Crippen LogP contribution is -2.36. The fraction of sp³-hybridized carbons (Fsp3) is 0.250. The lowest BCUT2D eigenvalue weighted by Gasteiger charge is -2.31. The van der Waals surface area contributed by atoms with Crippen LogP contribution in [0.5, 0.6) is 0 Å². The number of aromatic nitrogens is 3. The van der Waals surface area contributed by atoms with Crippen molar-refractivity contribution in [2.24, 2.45) is 0 Å². The Labute approximate surface area is 158 Å². The summed E-state index contributed by atoms with van der Waals surface area (Å²) in [5.74, 6) is 0.897. The zero-order valence-corrected chi connectivity index (χ0v) is 15.6. The van der Waals surface area contributed by atoms with E-state index in [-0.39, 0.29) is 18.1 Å². The van der Waals surface area contributed by atoms with Crippen molar-refractivity contribution in [3.63, 3.8) is 0 Å². The smallest absolute Gasteiger partial charge is 0.170 e. The SMILES string of the molecule is CC(C)N1C(=S)N[C@H](c2ccccn2)[C@H]1c1cccn1-c1ccccn1. The van der Waals surface area contributed by atoms with Crippen LogP contribution >= 0.6 is 12.2 Å². The summed E-state index contributed by atoms with van der Waals surface area (Å²) in [6.07, 6.45) is 5.69. The minimum Gasteiger partial charge on any atom is -0.352 e. The third-order valence-corrected chi connectivity index (χ3v) is 5.00. The van der Waals surface area contributed by atoms with Crippen LogP contribution in [0, 0.1) is 0 Å². The number of nitrogens with one attached hydrogen (secondary N) is 1. The summed E-state index contributed by atoms with van der Waals surface area (Å²) in [6, 6.07) is 16.4. The van der Waals surface area contributed by atoms with Gasteiger partial charge in [-0.1, -0.05) is 12.1 Å². The van der Waals surface area contributed by atoms with Crippen LogP contribution in [0.25, 0.3) is 5.82 Å². The van der Waals surface area contributed by atoms with Crippen LogP contribution in [0.1, 0.15) is 37.3 Å². The molecule has 0 bridgehead atoms. The number of hydrogen-bond donors (Lipinski definition) is 1. The van der Waals surface area contributed by atoms with E-state index < -0.39 is 0 Å². The van der Waals surface area contributed by atoms with Crippen LogP contribution in [-0.2, 0) is 0 Å². The Bertz CT molecular complexity index is 891. The second kappa shape index (κ2) is 6.88. The molecule has 1 saturated heterocycles. The number of rotatable bonds is 4. The second-order valence-corrected chi connectivity index (χ2v) is 7.01. The molecule has 0 unspecified atom stereocenters. The van der Waals surface area contributed by atoms with Gasteiger partial charge in [-0.2, -0.15) is 0 Å². The maximum absolute atomic E-state index is 5.67. The van der Waals surface area contributed by atoms with Gasteiger partial charge in [0.25, 0.3) is 0 Å². The molecule has 1 aliphatic heterocycles. The zero-order valence-electron chi connectivity index (χ0n) is 14.8. The standard InChI is InChI=1S/C20H21N5S/c1-14(2)25-19(18(23-20(25)26)15-8-3-5-11-21-15)16-9-7-13-24(16)17-10-4-6-12-22-17/h3-14,18-19H,1-2H3,(H,23,26)/t18-,19-/m1/s1. The predicted octanol–water partition coefficient (Wildman–Crippen LogP) is 3.65. The number of pyridine rings is 2. The minimum atomic E-state index is -0.0107. The van der Waals surface area contributed by atoms with Crippen molar-refractivity contribution in [2.75, 3.05) is 0 Å². The summed E-state index contributed by atoms with van der Waals surface area (Å²) in [6.45, 7) is 4.33. The van der Waals surface area contributed by atoms with E-state index in [1.165, 1.54) is 0 Å². The van der Waals surface area contributed by atoms with Crippen molar-refractivity contribution in [1.29, 1.82) is 0 Å². The number of thiocarbonyl (C=S) groups is 1. The van der Waals surface area contributed by atoms with Crippen molar-refractivity contribution in [3.05, 3.63) is 78.5 Å². The summed E-state index contributed by atoms with van der Waals surface area (Å²) < 4.78 is 2.13. The summed E-state index contributed by atoms with van der Waals surface area (Å²) in [7, 11) is 0. The fourth-order valence-electron chi connectivity index (χ4n) is 3.58. The summed E-state index contributed by atoms with van der Waals surface area (Å²) in [5, 5.41) is 4.24. The molecule has 0 spiro atoms. The zero-order chi connectivity index (χ0) is 18.1. The van der Waals surface area contributed by atoms with Crippen LogP contribution in [0.3, 0.4) is 0 Å². The van der Waals surface area contributed by atoms with Gasteiger partial charge in [0.2, 0.25) is 0 Å². The predicted molar refractivity (Wildman–Crippen MR) is 106 cm³/mol. The Morgan fingerprint density at radius 1 is 1.00 bits per heavy atom. The van der Waals surface area contributed by atoms with Gasteiger partial charge < -0.3 is 14.8 Å². The molecule has 1 N–H and O–H groups in total. The molecular formula is C20H21N5S. The molecule has 3 aromatic rings. The highest BCUT2D eigenvalue weighted by molar-refractivity contribution is 7.80. The summed E-state index contributed by atoms with van der Waals surface area (Å²) >= 11 is 5.67. The topological polar surface area (TPSA) is 46.0 Å². The lowest BCUT2D eigenvalue weighted by atomic mass is 10.0. The van der Waals surface area contributed by atoms with Crippen molar-refractivity contribution in [1.82, 2.24) is 24.8 Å². The monoisotopic (exact) mass is 363 g/mol. The molecule has 0 aromatic carbocycles. The summed E-state index contributed by atoms with van der Waals surface area (Å²) in [5.41, 5.74) is 2.12. The molecule has 1 aliphatic rings. The van der Waals surface area contributed by atoms with Crippen LogP contribution in [0.15, 0.2) is 67.1 Å². The van der Waals surface area contributed by atoms with Gasteiger partial charge in [-0.3, -0.25) is 4.98 Å². The van der Waals surface area contributed by atoms with E-state index in [0.717, 1.165) is 22.3 Å². The molecule has 0 aliphatic carbocycles. The van der Waals surface area contributed by atoms with Crippen LogP contribution < -0.4 is 5.32 Å². The van der Waals surface area contributed by atoms with Crippen molar-refractivity contribution >= 4 is 17.3 Å². The molecule has 0 amide bonds. The number of nitrogens with zero attached hydrogens (tertiary/aromatic N) is 4. The minimum absolute atomic E-state index is 0.0107. The molecule has 3 aromatic heterocycles. The van der Waals surface area contributed by atoms with Crippen LogP contribution in [0.2, 0.25) is 0 Å². The average Bonchev–Trinajstić information content (AvgIpc) is 3.27. The Morgan fingerprint density at radius 3 is 2.42 bits per heavy atom. The molecule has 4 rings (SSSR count). The Hall–Kier alpha value is -2.73. The Kier molecular flexibility index (Phi) is 4.42. The normalized spacial score (nSPS) is 19.8. The van der Waals surface area contributed by atoms with Gasteiger partial charge in [0.05, 0.1) is 17.8 Å². The van der Waals surface area contributed by atoms with Gasteiger partial charge in [-0.05, 0) is 62.5 Å². The molecule has 132 valence electrons. The molecule has 1 fully saturated rings. The van der Waals surface area contributed by atoms with Crippen molar-refractivity contribution in [3.8, 4) is 5.82 Å². The van der Waals surface area contributed by atoms with Gasteiger partial charge >= 0.3 is 0 Å².